The number of hydrogen-bond acceptors (Lipinski definition) is 4. The molecule has 2 aromatic carbocycles. The van der Waals surface area contributed by atoms with Crippen molar-refractivity contribution in [3.05, 3.63) is 70.1 Å². The molecule has 0 spiro atoms. The smallest absolute Gasteiger partial charge is 0.254 e. The van der Waals surface area contributed by atoms with E-state index in [1.165, 1.54) is 0 Å². The molecule has 1 amide bonds. The summed E-state index contributed by atoms with van der Waals surface area (Å²) in [6, 6.07) is 13.2. The lowest BCUT2D eigenvalue weighted by Crippen LogP contribution is -2.36. The molecule has 27 heavy (non-hydrogen) atoms. The van der Waals surface area contributed by atoms with Gasteiger partial charge in [-0.1, -0.05) is 52.7 Å². The number of carbonyl (C=O) groups is 1. The zero-order chi connectivity index (χ0) is 19.6. The van der Waals surface area contributed by atoms with E-state index in [-0.39, 0.29) is 18.5 Å². The molecular weight excluding hydrogens is 362 g/mol. The van der Waals surface area contributed by atoms with Crippen LogP contribution in [0.1, 0.15) is 41.2 Å². The highest BCUT2D eigenvalue weighted by Crippen LogP contribution is 2.21. The monoisotopic (exact) mass is 383 g/mol. The topological polar surface area (TPSA) is 59.2 Å². The summed E-state index contributed by atoms with van der Waals surface area (Å²) in [6.07, 6.45) is 0. The highest BCUT2D eigenvalue weighted by atomic mass is 35.5. The lowest BCUT2D eigenvalue weighted by Gasteiger charge is -2.25. The Morgan fingerprint density at radius 1 is 1.15 bits per heavy atom. The molecule has 0 aliphatic heterocycles. The van der Waals surface area contributed by atoms with Crippen molar-refractivity contribution in [1.29, 1.82) is 0 Å². The predicted molar refractivity (Wildman–Crippen MR) is 106 cm³/mol. The van der Waals surface area contributed by atoms with Crippen molar-refractivity contribution in [3.63, 3.8) is 0 Å². The molecule has 0 bridgehead atoms. The molecule has 3 aromatic rings. The van der Waals surface area contributed by atoms with Gasteiger partial charge in [-0.25, -0.2) is 0 Å². The number of carbonyl (C=O) groups excluding carboxylic acids is 1. The van der Waals surface area contributed by atoms with E-state index in [0.29, 0.717) is 22.3 Å². The number of amides is 1. The van der Waals surface area contributed by atoms with Gasteiger partial charge in [0.1, 0.15) is 6.54 Å². The van der Waals surface area contributed by atoms with Crippen LogP contribution in [0.5, 0.6) is 0 Å². The highest BCUT2D eigenvalue weighted by molar-refractivity contribution is 6.31. The molecule has 0 saturated heterocycles. The normalized spacial score (nSPS) is 11.0. The molecule has 6 heteroatoms. The first-order valence-electron chi connectivity index (χ1n) is 8.82. The van der Waals surface area contributed by atoms with E-state index >= 15 is 0 Å². The number of benzene rings is 2. The fraction of sp³-hybridized carbons (Fsp3) is 0.286. The van der Waals surface area contributed by atoms with Crippen LogP contribution in [0, 0.1) is 13.8 Å². The maximum atomic E-state index is 12.9. The summed E-state index contributed by atoms with van der Waals surface area (Å²) in [6.45, 7) is 8.06. The molecule has 5 nitrogen and oxygen atoms in total. The van der Waals surface area contributed by atoms with Gasteiger partial charge in [0, 0.05) is 22.2 Å². The number of aryl methyl sites for hydroxylation is 2. The number of nitrogens with zero attached hydrogens (tertiary/aromatic N) is 3. The van der Waals surface area contributed by atoms with Crippen LogP contribution in [0.3, 0.4) is 0 Å². The van der Waals surface area contributed by atoms with E-state index in [1.807, 2.05) is 58.0 Å². The Kier molecular flexibility index (Phi) is 5.61. The third-order valence-corrected chi connectivity index (χ3v) is 4.79. The highest BCUT2D eigenvalue weighted by Gasteiger charge is 2.22. The number of halogens is 1. The molecule has 1 aromatic heterocycles. The fourth-order valence-corrected chi connectivity index (χ4v) is 2.85. The summed E-state index contributed by atoms with van der Waals surface area (Å²) in [5.41, 5.74) is 3.51. The van der Waals surface area contributed by atoms with Gasteiger partial charge in [-0.05, 0) is 45.4 Å². The molecule has 0 atom stereocenters. The SMILES string of the molecule is Cc1ccc(-c2noc(CN(C(=O)c3ccc(C)c(Cl)c3)C(C)C)n2)cc1. The van der Waals surface area contributed by atoms with Gasteiger partial charge < -0.3 is 9.42 Å². The Balaban J connectivity index is 1.81. The average Bonchev–Trinajstić information content (AvgIpc) is 3.10. The molecule has 0 N–H and O–H groups in total. The van der Waals surface area contributed by atoms with E-state index in [9.17, 15) is 4.79 Å². The zero-order valence-corrected chi connectivity index (χ0v) is 16.6. The van der Waals surface area contributed by atoms with Crippen LogP contribution in [0.25, 0.3) is 11.4 Å². The molecule has 140 valence electrons. The van der Waals surface area contributed by atoms with Crippen LogP contribution in [-0.2, 0) is 6.54 Å². The summed E-state index contributed by atoms with van der Waals surface area (Å²) in [5, 5.41) is 4.61. The van der Waals surface area contributed by atoms with Gasteiger partial charge in [0.05, 0.1) is 0 Å². The van der Waals surface area contributed by atoms with Crippen molar-refractivity contribution < 1.29 is 9.32 Å². The lowest BCUT2D eigenvalue weighted by atomic mass is 10.1. The zero-order valence-electron chi connectivity index (χ0n) is 15.9. The average molecular weight is 384 g/mol. The largest absolute Gasteiger partial charge is 0.337 e. The molecule has 3 rings (SSSR count). The van der Waals surface area contributed by atoms with E-state index < -0.39 is 0 Å². The summed E-state index contributed by atoms with van der Waals surface area (Å²) in [7, 11) is 0. The molecule has 0 aliphatic rings. The molecule has 0 radical (unpaired) electrons. The molecule has 0 aliphatic carbocycles. The van der Waals surface area contributed by atoms with Gasteiger partial charge in [0.25, 0.3) is 5.91 Å². The van der Waals surface area contributed by atoms with E-state index in [4.69, 9.17) is 16.1 Å². The Morgan fingerprint density at radius 2 is 1.85 bits per heavy atom. The van der Waals surface area contributed by atoms with Crippen molar-refractivity contribution in [2.75, 3.05) is 0 Å². The van der Waals surface area contributed by atoms with Gasteiger partial charge in [-0.15, -0.1) is 0 Å². The Bertz CT molecular complexity index is 948. The summed E-state index contributed by atoms with van der Waals surface area (Å²) in [4.78, 5) is 19.1. The fourth-order valence-electron chi connectivity index (χ4n) is 2.67. The summed E-state index contributed by atoms with van der Waals surface area (Å²) < 4.78 is 5.38. The molecule has 1 heterocycles. The standard InChI is InChI=1S/C21H22ClN3O2/c1-13(2)25(21(26)17-10-7-15(4)18(22)11-17)12-19-23-20(24-27-19)16-8-5-14(3)6-9-16/h5-11,13H,12H2,1-4H3. The third-order valence-electron chi connectivity index (χ3n) is 4.39. The number of aromatic nitrogens is 2. The van der Waals surface area contributed by atoms with Gasteiger partial charge >= 0.3 is 0 Å². The second-order valence-electron chi connectivity index (χ2n) is 6.87. The lowest BCUT2D eigenvalue weighted by molar-refractivity contribution is 0.0667. The minimum Gasteiger partial charge on any atom is -0.337 e. The van der Waals surface area contributed by atoms with Crippen molar-refractivity contribution in [2.24, 2.45) is 0 Å². The van der Waals surface area contributed by atoms with Gasteiger partial charge in [-0.3, -0.25) is 4.79 Å². The first-order valence-corrected chi connectivity index (χ1v) is 9.19. The Labute approximate surface area is 164 Å². The van der Waals surface area contributed by atoms with E-state index in [0.717, 1.165) is 16.7 Å². The maximum Gasteiger partial charge on any atom is 0.254 e. The van der Waals surface area contributed by atoms with Crippen LogP contribution in [-0.4, -0.2) is 27.0 Å². The van der Waals surface area contributed by atoms with E-state index in [2.05, 4.69) is 10.1 Å². The second kappa shape index (κ2) is 7.92. The van der Waals surface area contributed by atoms with Crippen LogP contribution in [0.15, 0.2) is 47.0 Å². The predicted octanol–water partition coefficient (Wildman–Crippen LogP) is 5.06. The summed E-state index contributed by atoms with van der Waals surface area (Å²) in [5.74, 6) is 0.785. The van der Waals surface area contributed by atoms with Crippen molar-refractivity contribution in [3.8, 4) is 11.4 Å². The molecule has 0 unspecified atom stereocenters. The van der Waals surface area contributed by atoms with Gasteiger partial charge in [0.2, 0.25) is 11.7 Å². The molecule has 0 saturated carbocycles. The van der Waals surface area contributed by atoms with Gasteiger partial charge in [-0.2, -0.15) is 4.98 Å². The quantitative estimate of drug-likeness (QED) is 0.618. The van der Waals surface area contributed by atoms with Crippen molar-refractivity contribution >= 4 is 17.5 Å². The minimum absolute atomic E-state index is 0.0349. The van der Waals surface area contributed by atoms with Crippen LogP contribution in [0.4, 0.5) is 0 Å². The second-order valence-corrected chi connectivity index (χ2v) is 7.28. The molecule has 0 fully saturated rings. The number of hydrogen-bond donors (Lipinski definition) is 0. The number of rotatable bonds is 5. The first kappa shape index (κ1) is 19.1. The Morgan fingerprint density at radius 3 is 2.48 bits per heavy atom. The van der Waals surface area contributed by atoms with Crippen LogP contribution in [0.2, 0.25) is 5.02 Å². The van der Waals surface area contributed by atoms with Crippen LogP contribution >= 0.6 is 11.6 Å². The van der Waals surface area contributed by atoms with Crippen molar-refractivity contribution in [2.45, 2.75) is 40.3 Å². The summed E-state index contributed by atoms with van der Waals surface area (Å²) >= 11 is 6.17. The maximum absolute atomic E-state index is 12.9. The van der Waals surface area contributed by atoms with Gasteiger partial charge in [0.15, 0.2) is 0 Å². The molecular formula is C21H22ClN3O2. The van der Waals surface area contributed by atoms with Crippen molar-refractivity contribution in [1.82, 2.24) is 15.0 Å². The minimum atomic E-state index is -0.123. The van der Waals surface area contributed by atoms with Crippen LogP contribution < -0.4 is 0 Å². The Hall–Kier alpha value is -2.66. The third kappa shape index (κ3) is 4.37. The van der Waals surface area contributed by atoms with E-state index in [1.54, 1.807) is 17.0 Å². The first-order chi connectivity index (χ1) is 12.8.